The van der Waals surface area contributed by atoms with Gasteiger partial charge in [0, 0.05) is 31.8 Å². The van der Waals surface area contributed by atoms with Gasteiger partial charge in [0.15, 0.2) is 5.78 Å². The van der Waals surface area contributed by atoms with Gasteiger partial charge in [-0.3, -0.25) is 9.59 Å². The van der Waals surface area contributed by atoms with Gasteiger partial charge in [-0.2, -0.15) is 0 Å². The molecule has 2 heterocycles. The Bertz CT molecular complexity index is 997. The van der Waals surface area contributed by atoms with Crippen LogP contribution in [0, 0.1) is 5.92 Å². The number of ether oxygens (including phenoxy) is 1. The third-order valence-electron chi connectivity index (χ3n) is 5.41. The van der Waals surface area contributed by atoms with Gasteiger partial charge in [-0.1, -0.05) is 24.3 Å². The summed E-state index contributed by atoms with van der Waals surface area (Å²) in [6.07, 6.45) is 2.71. The number of nitrogens with zero attached hydrogens (tertiary/aromatic N) is 2. The number of carbonyl (C=O) groups excluding carboxylic acids is 2. The van der Waals surface area contributed by atoms with Crippen LogP contribution in [0.25, 0.3) is 10.2 Å². The zero-order valence-corrected chi connectivity index (χ0v) is 17.3. The van der Waals surface area contributed by atoms with Gasteiger partial charge in [-0.25, -0.2) is 4.98 Å². The van der Waals surface area contributed by atoms with Crippen LogP contribution in [0.5, 0.6) is 5.75 Å². The molecule has 1 aliphatic rings. The Balaban J connectivity index is 1.38. The molecule has 5 nitrogen and oxygen atoms in total. The van der Waals surface area contributed by atoms with E-state index in [1.54, 1.807) is 30.6 Å². The molecule has 1 saturated heterocycles. The van der Waals surface area contributed by atoms with Crippen LogP contribution in [-0.2, 0) is 11.2 Å². The fraction of sp³-hybridized carbons (Fsp3) is 0.348. The number of benzene rings is 2. The van der Waals surface area contributed by atoms with Crippen molar-refractivity contribution in [2.45, 2.75) is 25.7 Å². The van der Waals surface area contributed by atoms with Gasteiger partial charge in [0.1, 0.15) is 5.75 Å². The molecule has 0 bridgehead atoms. The Morgan fingerprint density at radius 2 is 1.97 bits per heavy atom. The van der Waals surface area contributed by atoms with Crippen molar-refractivity contribution in [3.63, 3.8) is 0 Å². The number of para-hydroxylation sites is 2. The number of Topliss-reactive ketones (excluding diaryl/α,β-unsaturated/α-hetero) is 1. The number of hydrogen-bond donors (Lipinski definition) is 0. The molecule has 6 heteroatoms. The van der Waals surface area contributed by atoms with Crippen molar-refractivity contribution in [2.75, 3.05) is 20.2 Å². The standard InChI is InChI=1S/C23H24N2O3S/c1-28-19-10-4-2-8-17(19)23(27)16-7-6-14-25(15-16)22(26)13-12-21-24-18-9-3-5-11-20(18)29-21/h2-5,8-11,16H,6-7,12-15H2,1H3. The van der Waals surface area contributed by atoms with Crippen LogP contribution in [-0.4, -0.2) is 41.8 Å². The Kier molecular flexibility index (Phi) is 5.90. The summed E-state index contributed by atoms with van der Waals surface area (Å²) in [5, 5.41) is 0.984. The van der Waals surface area contributed by atoms with Crippen molar-refractivity contribution in [1.82, 2.24) is 9.88 Å². The van der Waals surface area contributed by atoms with E-state index in [1.807, 2.05) is 35.2 Å². The Hall–Kier alpha value is -2.73. The van der Waals surface area contributed by atoms with Crippen LogP contribution in [0.15, 0.2) is 48.5 Å². The molecular weight excluding hydrogens is 384 g/mol. The number of hydrogen-bond acceptors (Lipinski definition) is 5. The number of aromatic nitrogens is 1. The van der Waals surface area contributed by atoms with E-state index < -0.39 is 0 Å². The van der Waals surface area contributed by atoms with Crippen molar-refractivity contribution >= 4 is 33.2 Å². The van der Waals surface area contributed by atoms with Crippen molar-refractivity contribution in [3.05, 3.63) is 59.1 Å². The quantitative estimate of drug-likeness (QED) is 0.569. The highest BCUT2D eigenvalue weighted by Crippen LogP contribution is 2.27. The zero-order chi connectivity index (χ0) is 20.2. The minimum Gasteiger partial charge on any atom is -0.496 e. The molecule has 1 aromatic heterocycles. The molecule has 3 aromatic rings. The van der Waals surface area contributed by atoms with Crippen molar-refractivity contribution in [3.8, 4) is 5.75 Å². The van der Waals surface area contributed by atoms with Crippen LogP contribution in [0.2, 0.25) is 0 Å². The molecule has 1 unspecified atom stereocenters. The van der Waals surface area contributed by atoms with E-state index in [4.69, 9.17) is 4.74 Å². The van der Waals surface area contributed by atoms with Gasteiger partial charge in [0.25, 0.3) is 0 Å². The van der Waals surface area contributed by atoms with Gasteiger partial charge in [-0.05, 0) is 37.1 Å². The second-order valence-electron chi connectivity index (χ2n) is 7.32. The number of amides is 1. The van der Waals surface area contributed by atoms with E-state index in [2.05, 4.69) is 11.1 Å². The number of piperidine rings is 1. The number of methoxy groups -OCH3 is 1. The predicted octanol–water partition coefficient (Wildman–Crippen LogP) is 4.36. The lowest BCUT2D eigenvalue weighted by Crippen LogP contribution is -2.42. The Morgan fingerprint density at radius 1 is 1.17 bits per heavy atom. The molecule has 150 valence electrons. The summed E-state index contributed by atoms with van der Waals surface area (Å²) >= 11 is 1.64. The molecule has 1 aliphatic heterocycles. The third kappa shape index (κ3) is 4.32. The molecule has 0 spiro atoms. The number of likely N-dealkylation sites (tertiary alicyclic amines) is 1. The molecule has 1 fully saturated rings. The summed E-state index contributed by atoms with van der Waals surface area (Å²) in [6.45, 7) is 1.20. The smallest absolute Gasteiger partial charge is 0.223 e. The summed E-state index contributed by atoms with van der Waals surface area (Å²) in [5.41, 5.74) is 1.59. The second kappa shape index (κ2) is 8.74. The topological polar surface area (TPSA) is 59.5 Å². The van der Waals surface area contributed by atoms with Crippen LogP contribution in [0.1, 0.15) is 34.6 Å². The summed E-state index contributed by atoms with van der Waals surface area (Å²) in [5.74, 6) is 0.580. The van der Waals surface area contributed by atoms with Gasteiger partial charge in [0.05, 0.1) is 27.9 Å². The largest absolute Gasteiger partial charge is 0.496 e. The maximum Gasteiger partial charge on any atom is 0.223 e. The van der Waals surface area contributed by atoms with Crippen LogP contribution >= 0.6 is 11.3 Å². The van der Waals surface area contributed by atoms with Gasteiger partial charge in [0.2, 0.25) is 5.91 Å². The number of carbonyl (C=O) groups is 2. The highest BCUT2D eigenvalue weighted by atomic mass is 32.1. The second-order valence-corrected chi connectivity index (χ2v) is 8.43. The lowest BCUT2D eigenvalue weighted by atomic mass is 9.89. The first-order valence-electron chi connectivity index (χ1n) is 9.95. The normalized spacial score (nSPS) is 16.7. The molecule has 1 atom stereocenters. The van der Waals surface area contributed by atoms with Gasteiger partial charge >= 0.3 is 0 Å². The van der Waals surface area contributed by atoms with Crippen LogP contribution < -0.4 is 4.74 Å². The van der Waals surface area contributed by atoms with Crippen LogP contribution in [0.4, 0.5) is 0 Å². The average Bonchev–Trinajstić information content (AvgIpc) is 3.20. The van der Waals surface area contributed by atoms with Gasteiger partial charge in [-0.15, -0.1) is 11.3 Å². The van der Waals surface area contributed by atoms with Crippen molar-refractivity contribution in [1.29, 1.82) is 0 Å². The highest BCUT2D eigenvalue weighted by molar-refractivity contribution is 7.18. The van der Waals surface area contributed by atoms with Gasteiger partial charge < -0.3 is 9.64 Å². The monoisotopic (exact) mass is 408 g/mol. The molecule has 0 N–H and O–H groups in total. The van der Waals surface area contributed by atoms with Crippen LogP contribution in [0.3, 0.4) is 0 Å². The number of rotatable bonds is 6. The summed E-state index contributed by atoms with van der Waals surface area (Å²) in [7, 11) is 1.57. The molecular formula is C23H24N2O3S. The number of aryl methyl sites for hydroxylation is 1. The first-order valence-corrected chi connectivity index (χ1v) is 10.8. The molecule has 0 aliphatic carbocycles. The van der Waals surface area contributed by atoms with Crippen molar-refractivity contribution < 1.29 is 14.3 Å². The molecule has 0 saturated carbocycles. The van der Waals surface area contributed by atoms with E-state index in [-0.39, 0.29) is 17.6 Å². The Morgan fingerprint density at radius 3 is 2.79 bits per heavy atom. The summed E-state index contributed by atoms with van der Waals surface area (Å²) in [6, 6.07) is 15.3. The van der Waals surface area contributed by atoms with E-state index in [0.717, 1.165) is 28.1 Å². The molecule has 0 radical (unpaired) electrons. The van der Waals surface area contributed by atoms with Crippen molar-refractivity contribution in [2.24, 2.45) is 5.92 Å². The first kappa shape index (κ1) is 19.6. The zero-order valence-electron chi connectivity index (χ0n) is 16.5. The highest BCUT2D eigenvalue weighted by Gasteiger charge is 2.30. The van der Waals surface area contributed by atoms with E-state index in [0.29, 0.717) is 37.2 Å². The predicted molar refractivity (Wildman–Crippen MR) is 115 cm³/mol. The summed E-state index contributed by atoms with van der Waals surface area (Å²) < 4.78 is 6.49. The molecule has 4 rings (SSSR count). The SMILES string of the molecule is COc1ccccc1C(=O)C1CCCN(C(=O)CCc2nc3ccccc3s2)C1. The fourth-order valence-electron chi connectivity index (χ4n) is 3.88. The maximum absolute atomic E-state index is 13.0. The molecule has 1 amide bonds. The molecule has 2 aromatic carbocycles. The van der Waals surface area contributed by atoms with E-state index in [9.17, 15) is 9.59 Å². The van der Waals surface area contributed by atoms with E-state index >= 15 is 0 Å². The summed E-state index contributed by atoms with van der Waals surface area (Å²) in [4.78, 5) is 32.2. The maximum atomic E-state index is 13.0. The lowest BCUT2D eigenvalue weighted by Gasteiger charge is -2.32. The average molecular weight is 409 g/mol. The number of ketones is 1. The minimum atomic E-state index is -0.175. The molecule has 29 heavy (non-hydrogen) atoms. The first-order chi connectivity index (χ1) is 14.2. The fourth-order valence-corrected chi connectivity index (χ4v) is 4.85. The third-order valence-corrected chi connectivity index (χ3v) is 6.50. The number of thiazole rings is 1. The van der Waals surface area contributed by atoms with E-state index in [1.165, 1.54) is 0 Å². The Labute approximate surface area is 174 Å². The number of fused-ring (bicyclic) bond motifs is 1. The lowest BCUT2D eigenvalue weighted by molar-refractivity contribution is -0.132. The minimum absolute atomic E-state index is 0.0612.